The number of ether oxygens (including phenoxy) is 4. The number of aliphatic imine (C=N–C) groups is 1. The molecule has 7 rings (SSSR count). The molecule has 0 saturated heterocycles. The molecule has 0 saturated carbocycles. The number of thiophene rings is 2. The van der Waals surface area contributed by atoms with Gasteiger partial charge in [-0.1, -0.05) is 6.08 Å². The fourth-order valence-electron chi connectivity index (χ4n) is 5.18. The number of carbonyl (C=O) groups is 2. The van der Waals surface area contributed by atoms with E-state index < -0.39 is 11.9 Å². The van der Waals surface area contributed by atoms with Crippen molar-refractivity contribution < 1.29 is 38.7 Å². The van der Waals surface area contributed by atoms with Crippen LogP contribution in [-0.2, 0) is 0 Å². The van der Waals surface area contributed by atoms with Crippen molar-refractivity contribution in [2.75, 3.05) is 26.4 Å². The number of fused-ring (bicyclic) bond motifs is 2. The standard InChI is InChI=1S/C31H25N3O8S2/c35-30(36)17-4-6-33-20(12-17)22-14-18(31(37)38)13-21(34-22)19-11-16(3-5-32-19)27-25-26(42-10-2-9-41-25)29(44-27)28-24-23(15-43-28)39-7-1-8-40-24/h3-6,12-16H,1-2,7-11H2,(H,35,36)(H,37,38). The molecule has 0 bridgehead atoms. The van der Waals surface area contributed by atoms with E-state index in [2.05, 4.69) is 15.0 Å². The van der Waals surface area contributed by atoms with Gasteiger partial charge in [0.15, 0.2) is 23.0 Å². The summed E-state index contributed by atoms with van der Waals surface area (Å²) >= 11 is 3.12. The molecule has 0 aromatic carbocycles. The first-order valence-corrected chi connectivity index (χ1v) is 15.6. The lowest BCUT2D eigenvalue weighted by Crippen LogP contribution is -2.14. The second kappa shape index (κ2) is 11.7. The second-order valence-electron chi connectivity index (χ2n) is 10.2. The zero-order valence-corrected chi connectivity index (χ0v) is 24.8. The molecule has 7 heterocycles. The van der Waals surface area contributed by atoms with Gasteiger partial charge in [0.1, 0.15) is 0 Å². The second-order valence-corrected chi connectivity index (χ2v) is 12.1. The highest BCUT2D eigenvalue weighted by molar-refractivity contribution is 7.22. The molecule has 4 aromatic rings. The highest BCUT2D eigenvalue weighted by atomic mass is 32.1. The fraction of sp³-hybridized carbons (Fsp3) is 0.258. The summed E-state index contributed by atoms with van der Waals surface area (Å²) in [6.07, 6.45) is 7.02. The molecule has 3 aliphatic rings. The predicted molar refractivity (Wildman–Crippen MR) is 163 cm³/mol. The third-order valence-electron chi connectivity index (χ3n) is 7.28. The maximum absolute atomic E-state index is 12.1. The number of hydrogen-bond donors (Lipinski definition) is 2. The van der Waals surface area contributed by atoms with Crippen molar-refractivity contribution in [2.24, 2.45) is 4.99 Å². The minimum absolute atomic E-state index is 0.00838. The lowest BCUT2D eigenvalue weighted by molar-refractivity contribution is 0.0685. The van der Waals surface area contributed by atoms with Crippen molar-refractivity contribution in [1.29, 1.82) is 0 Å². The van der Waals surface area contributed by atoms with Crippen LogP contribution in [-0.4, -0.2) is 64.3 Å². The van der Waals surface area contributed by atoms with E-state index in [0.717, 1.165) is 39.0 Å². The maximum atomic E-state index is 12.1. The lowest BCUT2D eigenvalue weighted by Gasteiger charge is -2.18. The van der Waals surface area contributed by atoms with E-state index in [4.69, 9.17) is 18.9 Å². The number of pyridine rings is 2. The van der Waals surface area contributed by atoms with E-state index in [1.165, 1.54) is 30.5 Å². The molecule has 0 fully saturated rings. The SMILES string of the molecule is O=C(O)c1ccnc(-c2cc(C(=O)O)cc(C3=NC=CC(c4sc(-c5scc6c5OCCCO6)c5c4OCCCO5)C3)n2)c1. The molecule has 44 heavy (non-hydrogen) atoms. The Kier molecular flexibility index (Phi) is 7.48. The largest absolute Gasteiger partial charge is 0.489 e. The van der Waals surface area contributed by atoms with Gasteiger partial charge in [-0.25, -0.2) is 14.6 Å². The van der Waals surface area contributed by atoms with Crippen LogP contribution in [0.4, 0.5) is 0 Å². The minimum atomic E-state index is -1.15. The summed E-state index contributed by atoms with van der Waals surface area (Å²) in [7, 11) is 0. The van der Waals surface area contributed by atoms with Gasteiger partial charge in [-0.05, 0) is 24.3 Å². The number of carboxylic acids is 2. The molecule has 224 valence electrons. The van der Waals surface area contributed by atoms with Crippen LogP contribution in [0.25, 0.3) is 21.1 Å². The average Bonchev–Trinajstić information content (AvgIpc) is 3.38. The Morgan fingerprint density at radius 1 is 0.818 bits per heavy atom. The van der Waals surface area contributed by atoms with Crippen LogP contribution in [0.1, 0.15) is 56.5 Å². The van der Waals surface area contributed by atoms with E-state index in [1.807, 2.05) is 11.5 Å². The fourth-order valence-corrected chi connectivity index (χ4v) is 7.52. The number of aromatic nitrogens is 2. The molecule has 2 N–H and O–H groups in total. The average molecular weight is 632 g/mol. The van der Waals surface area contributed by atoms with Crippen molar-refractivity contribution in [2.45, 2.75) is 25.2 Å². The van der Waals surface area contributed by atoms with Crippen molar-refractivity contribution >= 4 is 40.3 Å². The Labute approximate surface area is 259 Å². The van der Waals surface area contributed by atoms with Crippen LogP contribution in [0.3, 0.4) is 0 Å². The Hall–Kier alpha value is -4.75. The molecule has 0 spiro atoms. The molecule has 4 aromatic heterocycles. The molecule has 0 aliphatic carbocycles. The number of hydrogen-bond acceptors (Lipinski definition) is 11. The van der Waals surface area contributed by atoms with Crippen LogP contribution in [0.2, 0.25) is 0 Å². The summed E-state index contributed by atoms with van der Waals surface area (Å²) in [6.45, 7) is 2.22. The van der Waals surface area contributed by atoms with Crippen molar-refractivity contribution in [3.63, 3.8) is 0 Å². The molecule has 11 nitrogen and oxygen atoms in total. The van der Waals surface area contributed by atoms with E-state index in [0.29, 0.717) is 55.8 Å². The first-order chi connectivity index (χ1) is 21.5. The van der Waals surface area contributed by atoms with Crippen LogP contribution in [0, 0.1) is 0 Å². The van der Waals surface area contributed by atoms with Gasteiger partial charge >= 0.3 is 11.9 Å². The van der Waals surface area contributed by atoms with E-state index >= 15 is 0 Å². The molecule has 13 heteroatoms. The third-order valence-corrected chi connectivity index (χ3v) is 9.67. The topological polar surface area (TPSA) is 150 Å². The van der Waals surface area contributed by atoms with Gasteiger partial charge in [0.2, 0.25) is 0 Å². The predicted octanol–water partition coefficient (Wildman–Crippen LogP) is 6.14. The van der Waals surface area contributed by atoms with E-state index in [9.17, 15) is 19.8 Å². The van der Waals surface area contributed by atoms with Crippen molar-refractivity contribution in [3.05, 3.63) is 69.8 Å². The van der Waals surface area contributed by atoms with Gasteiger partial charge < -0.3 is 29.2 Å². The molecular weight excluding hydrogens is 606 g/mol. The number of allylic oxidation sites excluding steroid dienone is 1. The minimum Gasteiger partial charge on any atom is -0.489 e. The molecule has 1 atom stereocenters. The van der Waals surface area contributed by atoms with Crippen molar-refractivity contribution in [1.82, 2.24) is 9.97 Å². The van der Waals surface area contributed by atoms with Gasteiger partial charge in [0.05, 0.1) is 75.0 Å². The van der Waals surface area contributed by atoms with Crippen LogP contribution < -0.4 is 18.9 Å². The number of rotatable bonds is 6. The molecule has 0 amide bonds. The summed E-state index contributed by atoms with van der Waals surface area (Å²) in [5.74, 6) is 0.419. The smallest absolute Gasteiger partial charge is 0.335 e. The molecule has 0 radical (unpaired) electrons. The van der Waals surface area contributed by atoms with Gasteiger partial charge in [-0.2, -0.15) is 0 Å². The first kappa shape index (κ1) is 28.0. The van der Waals surface area contributed by atoms with Gasteiger partial charge in [-0.15, -0.1) is 22.7 Å². The summed E-state index contributed by atoms with van der Waals surface area (Å²) in [6, 6.07) is 5.58. The van der Waals surface area contributed by atoms with Crippen LogP contribution in [0.15, 0.2) is 53.1 Å². The highest BCUT2D eigenvalue weighted by Gasteiger charge is 2.33. The zero-order valence-electron chi connectivity index (χ0n) is 23.1. The maximum Gasteiger partial charge on any atom is 0.335 e. The van der Waals surface area contributed by atoms with E-state index in [-0.39, 0.29) is 28.4 Å². The Bertz CT molecular complexity index is 1840. The van der Waals surface area contributed by atoms with Crippen LogP contribution >= 0.6 is 22.7 Å². The Morgan fingerprint density at radius 2 is 1.52 bits per heavy atom. The monoisotopic (exact) mass is 631 g/mol. The van der Waals surface area contributed by atoms with Crippen molar-refractivity contribution in [3.8, 4) is 44.1 Å². The van der Waals surface area contributed by atoms with E-state index in [1.54, 1.807) is 28.9 Å². The van der Waals surface area contributed by atoms with Gasteiger partial charge in [0, 0.05) is 43.0 Å². The third kappa shape index (κ3) is 5.28. The zero-order chi connectivity index (χ0) is 30.2. The quantitative estimate of drug-likeness (QED) is 0.254. The number of carboxylic acid groups (broad SMARTS) is 2. The normalized spacial score (nSPS) is 17.4. The summed E-state index contributed by atoms with van der Waals surface area (Å²) in [5.41, 5.74) is 1.44. The Balaban J connectivity index is 1.26. The highest BCUT2D eigenvalue weighted by Crippen LogP contribution is 2.57. The summed E-state index contributed by atoms with van der Waals surface area (Å²) < 4.78 is 24.5. The first-order valence-electron chi connectivity index (χ1n) is 13.9. The van der Waals surface area contributed by atoms with Gasteiger partial charge in [-0.3, -0.25) is 9.98 Å². The Morgan fingerprint density at radius 3 is 2.32 bits per heavy atom. The lowest BCUT2D eigenvalue weighted by atomic mass is 9.95. The number of aromatic carboxylic acids is 2. The molecule has 3 aliphatic heterocycles. The summed E-state index contributed by atoms with van der Waals surface area (Å²) in [4.78, 5) is 39.9. The summed E-state index contributed by atoms with van der Waals surface area (Å²) in [5, 5.41) is 21.3. The van der Waals surface area contributed by atoms with Crippen LogP contribution in [0.5, 0.6) is 23.0 Å². The molecule has 1 unspecified atom stereocenters. The molecular formula is C31H25N3O8S2. The number of nitrogens with zero attached hydrogens (tertiary/aromatic N) is 3. The van der Waals surface area contributed by atoms with Gasteiger partial charge in [0.25, 0.3) is 0 Å².